The summed E-state index contributed by atoms with van der Waals surface area (Å²) in [6.45, 7) is 3.99. The minimum absolute atomic E-state index is 0.0603. The normalized spacial score (nSPS) is 10.9. The van der Waals surface area contributed by atoms with Crippen molar-refractivity contribution in [3.05, 3.63) is 28.8 Å². The summed E-state index contributed by atoms with van der Waals surface area (Å²) in [5.41, 5.74) is 3.81. The number of carbonyl (C=O) groups excluding carboxylic acids is 1. The van der Waals surface area contributed by atoms with E-state index in [1.165, 1.54) is 10.9 Å². The molecule has 0 spiro atoms. The molecule has 0 unspecified atom stereocenters. The SMILES string of the molecule is Cc1nn(C)c(C)c1CCC(=O)c1cnnn1C. The van der Waals surface area contributed by atoms with E-state index in [9.17, 15) is 4.79 Å². The maximum atomic E-state index is 12.0. The van der Waals surface area contributed by atoms with E-state index in [1.807, 2.05) is 25.6 Å². The van der Waals surface area contributed by atoms with Crippen LogP contribution in [0.4, 0.5) is 0 Å². The van der Waals surface area contributed by atoms with Gasteiger partial charge in [-0.25, -0.2) is 4.68 Å². The van der Waals surface area contributed by atoms with Crippen molar-refractivity contribution in [1.82, 2.24) is 24.8 Å². The zero-order valence-corrected chi connectivity index (χ0v) is 11.1. The van der Waals surface area contributed by atoms with Crippen LogP contribution in [0.3, 0.4) is 0 Å². The fraction of sp³-hybridized carbons (Fsp3) is 0.500. The highest BCUT2D eigenvalue weighted by molar-refractivity contribution is 5.94. The average Bonchev–Trinajstić information content (AvgIpc) is 2.83. The molecule has 2 aromatic rings. The van der Waals surface area contributed by atoms with E-state index in [4.69, 9.17) is 0 Å². The molecular formula is C12H17N5O. The third-order valence-electron chi connectivity index (χ3n) is 3.26. The number of aromatic nitrogens is 5. The van der Waals surface area contributed by atoms with Crippen molar-refractivity contribution in [3.8, 4) is 0 Å². The van der Waals surface area contributed by atoms with Crippen LogP contribution in [0.15, 0.2) is 6.20 Å². The lowest BCUT2D eigenvalue weighted by molar-refractivity contribution is 0.0973. The second-order valence-corrected chi connectivity index (χ2v) is 4.44. The molecule has 0 radical (unpaired) electrons. The van der Waals surface area contributed by atoms with Gasteiger partial charge in [-0.3, -0.25) is 9.48 Å². The van der Waals surface area contributed by atoms with Crippen LogP contribution in [0.5, 0.6) is 0 Å². The minimum Gasteiger partial charge on any atom is -0.292 e. The number of hydrogen-bond acceptors (Lipinski definition) is 4. The van der Waals surface area contributed by atoms with Gasteiger partial charge < -0.3 is 0 Å². The van der Waals surface area contributed by atoms with Crippen molar-refractivity contribution in [2.45, 2.75) is 26.7 Å². The number of nitrogens with zero attached hydrogens (tertiary/aromatic N) is 5. The summed E-state index contributed by atoms with van der Waals surface area (Å²) in [6, 6.07) is 0. The van der Waals surface area contributed by atoms with Crippen molar-refractivity contribution in [2.75, 3.05) is 0 Å². The standard InChI is InChI=1S/C12H17N5O/c1-8-10(9(2)16(3)14-8)5-6-12(18)11-7-13-15-17(11)4/h7H,5-6H2,1-4H3. The summed E-state index contributed by atoms with van der Waals surface area (Å²) >= 11 is 0. The van der Waals surface area contributed by atoms with Gasteiger partial charge in [-0.2, -0.15) is 5.10 Å². The Kier molecular flexibility index (Phi) is 3.27. The maximum absolute atomic E-state index is 12.0. The molecule has 0 aliphatic carbocycles. The van der Waals surface area contributed by atoms with E-state index >= 15 is 0 Å². The van der Waals surface area contributed by atoms with Gasteiger partial charge in [0.05, 0.1) is 11.9 Å². The van der Waals surface area contributed by atoms with Gasteiger partial charge in [0, 0.05) is 26.2 Å². The zero-order chi connectivity index (χ0) is 13.3. The van der Waals surface area contributed by atoms with Crippen molar-refractivity contribution in [1.29, 1.82) is 0 Å². The lowest BCUT2D eigenvalue weighted by atomic mass is 10.0. The maximum Gasteiger partial charge on any atom is 0.182 e. The Morgan fingerprint density at radius 2 is 2.00 bits per heavy atom. The van der Waals surface area contributed by atoms with Crippen molar-refractivity contribution >= 4 is 5.78 Å². The first kappa shape index (κ1) is 12.5. The minimum atomic E-state index is 0.0603. The van der Waals surface area contributed by atoms with Crippen LogP contribution < -0.4 is 0 Å². The molecule has 0 aromatic carbocycles. The highest BCUT2D eigenvalue weighted by Crippen LogP contribution is 2.15. The van der Waals surface area contributed by atoms with Gasteiger partial charge >= 0.3 is 0 Å². The number of carbonyl (C=O) groups is 1. The third-order valence-corrected chi connectivity index (χ3v) is 3.26. The molecule has 0 N–H and O–H groups in total. The highest BCUT2D eigenvalue weighted by atomic mass is 16.1. The van der Waals surface area contributed by atoms with Gasteiger partial charge in [0.25, 0.3) is 0 Å². The monoisotopic (exact) mass is 247 g/mol. The smallest absolute Gasteiger partial charge is 0.182 e. The number of Topliss-reactive ketones (excluding diaryl/α,β-unsaturated/α-hetero) is 1. The second kappa shape index (κ2) is 4.72. The summed E-state index contributed by atoms with van der Waals surface area (Å²) in [7, 11) is 3.64. The van der Waals surface area contributed by atoms with E-state index in [0.29, 0.717) is 18.5 Å². The van der Waals surface area contributed by atoms with Crippen molar-refractivity contribution in [3.63, 3.8) is 0 Å². The molecule has 6 heteroatoms. The van der Waals surface area contributed by atoms with E-state index in [-0.39, 0.29) is 5.78 Å². The first-order chi connectivity index (χ1) is 8.50. The molecule has 2 heterocycles. The first-order valence-electron chi connectivity index (χ1n) is 5.87. The molecule has 0 aliphatic rings. The Balaban J connectivity index is 2.09. The molecule has 0 aliphatic heterocycles. The molecule has 0 fully saturated rings. The Hall–Kier alpha value is -1.98. The Labute approximate surface area is 106 Å². The average molecular weight is 247 g/mol. The van der Waals surface area contributed by atoms with Gasteiger partial charge in [0.1, 0.15) is 5.69 Å². The predicted molar refractivity (Wildman–Crippen MR) is 66.3 cm³/mol. The van der Waals surface area contributed by atoms with Crippen LogP contribution in [-0.2, 0) is 20.5 Å². The largest absolute Gasteiger partial charge is 0.292 e. The van der Waals surface area contributed by atoms with Gasteiger partial charge in [0.15, 0.2) is 5.78 Å². The summed E-state index contributed by atoms with van der Waals surface area (Å²) in [6.07, 6.45) is 2.66. The van der Waals surface area contributed by atoms with Gasteiger partial charge in [-0.15, -0.1) is 5.10 Å². The molecule has 2 rings (SSSR count). The summed E-state index contributed by atoms with van der Waals surface area (Å²) < 4.78 is 3.35. The van der Waals surface area contributed by atoms with Gasteiger partial charge in [-0.1, -0.05) is 5.21 Å². The van der Waals surface area contributed by atoms with E-state index in [0.717, 1.165) is 17.0 Å². The second-order valence-electron chi connectivity index (χ2n) is 4.44. The van der Waals surface area contributed by atoms with Crippen LogP contribution in [0.2, 0.25) is 0 Å². The van der Waals surface area contributed by atoms with Crippen molar-refractivity contribution in [2.24, 2.45) is 14.1 Å². The molecule has 6 nitrogen and oxygen atoms in total. The Bertz CT molecular complexity index is 581. The topological polar surface area (TPSA) is 65.6 Å². The Morgan fingerprint density at radius 1 is 1.28 bits per heavy atom. The van der Waals surface area contributed by atoms with Crippen LogP contribution in [0.1, 0.15) is 33.9 Å². The molecular weight excluding hydrogens is 230 g/mol. The number of aryl methyl sites for hydroxylation is 3. The fourth-order valence-corrected chi connectivity index (χ4v) is 2.09. The van der Waals surface area contributed by atoms with Crippen LogP contribution in [-0.4, -0.2) is 30.6 Å². The summed E-state index contributed by atoms with van der Waals surface area (Å²) in [5, 5.41) is 11.8. The molecule has 0 atom stereocenters. The zero-order valence-electron chi connectivity index (χ0n) is 11.1. The molecule has 96 valence electrons. The van der Waals surface area contributed by atoms with Crippen molar-refractivity contribution < 1.29 is 4.79 Å². The first-order valence-corrected chi connectivity index (χ1v) is 5.87. The summed E-state index contributed by atoms with van der Waals surface area (Å²) in [5.74, 6) is 0.0603. The number of hydrogen-bond donors (Lipinski definition) is 0. The summed E-state index contributed by atoms with van der Waals surface area (Å²) in [4.78, 5) is 12.0. The van der Waals surface area contributed by atoms with Crippen LogP contribution in [0.25, 0.3) is 0 Å². The third kappa shape index (κ3) is 2.18. The predicted octanol–water partition coefficient (Wildman–Crippen LogP) is 0.981. The quantitative estimate of drug-likeness (QED) is 0.755. The number of ketones is 1. The highest BCUT2D eigenvalue weighted by Gasteiger charge is 2.14. The Morgan fingerprint density at radius 3 is 2.50 bits per heavy atom. The molecule has 0 saturated carbocycles. The number of rotatable bonds is 4. The molecule has 0 amide bonds. The van der Waals surface area contributed by atoms with Gasteiger partial charge in [0.2, 0.25) is 0 Å². The van der Waals surface area contributed by atoms with E-state index < -0.39 is 0 Å². The lowest BCUT2D eigenvalue weighted by Crippen LogP contribution is -2.08. The molecule has 18 heavy (non-hydrogen) atoms. The van der Waals surface area contributed by atoms with E-state index in [1.54, 1.807) is 7.05 Å². The van der Waals surface area contributed by atoms with E-state index in [2.05, 4.69) is 15.4 Å². The van der Waals surface area contributed by atoms with Crippen LogP contribution in [0, 0.1) is 13.8 Å². The van der Waals surface area contributed by atoms with Crippen LogP contribution >= 0.6 is 0 Å². The molecule has 2 aromatic heterocycles. The molecule has 0 saturated heterocycles. The molecule has 0 bridgehead atoms. The van der Waals surface area contributed by atoms with Gasteiger partial charge in [-0.05, 0) is 25.8 Å². The lowest BCUT2D eigenvalue weighted by Gasteiger charge is -2.02. The fourth-order valence-electron chi connectivity index (χ4n) is 2.09.